The molecule has 184 valence electrons. The maximum atomic E-state index is 13.4. The smallest absolute Gasteiger partial charge is 0.282 e. The van der Waals surface area contributed by atoms with E-state index in [1.165, 1.54) is 31.7 Å². The number of anilines is 1. The summed E-state index contributed by atoms with van der Waals surface area (Å²) in [5, 5.41) is 13.1. The fourth-order valence-corrected chi connectivity index (χ4v) is 3.58. The molecule has 2 aromatic heterocycles. The first-order valence-electron chi connectivity index (χ1n) is 10.2. The molecule has 0 aliphatic heterocycles. The minimum absolute atomic E-state index is 0.00488. The number of alkyl halides is 2. The van der Waals surface area contributed by atoms with E-state index in [-0.39, 0.29) is 39.4 Å². The number of oxime groups is 1. The van der Waals surface area contributed by atoms with Gasteiger partial charge in [-0.25, -0.2) is 18.4 Å². The van der Waals surface area contributed by atoms with Gasteiger partial charge in [0.05, 0.1) is 16.3 Å². The van der Waals surface area contributed by atoms with Crippen molar-refractivity contribution in [2.45, 2.75) is 19.8 Å². The van der Waals surface area contributed by atoms with Gasteiger partial charge in [-0.3, -0.25) is 9.59 Å². The monoisotopic (exact) mass is 524 g/mol. The molecule has 1 aromatic carbocycles. The van der Waals surface area contributed by atoms with Crippen molar-refractivity contribution in [3.63, 3.8) is 0 Å². The Balaban J connectivity index is 1.95. The van der Waals surface area contributed by atoms with Crippen LogP contribution in [0.2, 0.25) is 10.0 Å². The van der Waals surface area contributed by atoms with Gasteiger partial charge >= 0.3 is 0 Å². The van der Waals surface area contributed by atoms with E-state index < -0.39 is 23.9 Å². The van der Waals surface area contributed by atoms with Crippen molar-refractivity contribution in [2.24, 2.45) is 5.16 Å². The van der Waals surface area contributed by atoms with E-state index in [1.807, 2.05) is 0 Å². The van der Waals surface area contributed by atoms with Gasteiger partial charge in [0.1, 0.15) is 18.5 Å². The largest absolute Gasteiger partial charge is 0.399 e. The minimum atomic E-state index is -2.94. The Morgan fingerprint density at radius 2 is 2.03 bits per heavy atom. The molecule has 2 heterocycles. The second kappa shape index (κ2) is 11.7. The Morgan fingerprint density at radius 3 is 2.71 bits per heavy atom. The molecule has 9 nitrogen and oxygen atoms in total. The second-order valence-electron chi connectivity index (χ2n) is 7.09. The molecular weight excluding hydrogens is 505 g/mol. The number of amides is 2. The highest BCUT2D eigenvalue weighted by molar-refractivity contribution is 6.32. The van der Waals surface area contributed by atoms with Crippen molar-refractivity contribution in [3.05, 3.63) is 69.1 Å². The summed E-state index contributed by atoms with van der Waals surface area (Å²) in [5.41, 5.74) is -0.172. The van der Waals surface area contributed by atoms with Crippen molar-refractivity contribution >= 4 is 46.9 Å². The molecule has 0 aliphatic carbocycles. The lowest BCUT2D eigenvalue weighted by atomic mass is 10.1. The molecule has 2 N–H and O–H groups in total. The summed E-state index contributed by atoms with van der Waals surface area (Å²) < 4.78 is 27.7. The first-order chi connectivity index (χ1) is 16.7. The van der Waals surface area contributed by atoms with Crippen molar-refractivity contribution in [1.29, 1.82) is 0 Å². The first-order valence-corrected chi connectivity index (χ1v) is 10.9. The summed E-state index contributed by atoms with van der Waals surface area (Å²) in [6.07, 6.45) is 0.332. The third-order valence-corrected chi connectivity index (χ3v) is 5.16. The van der Waals surface area contributed by atoms with Crippen LogP contribution in [-0.4, -0.2) is 46.4 Å². The molecule has 2 amide bonds. The van der Waals surface area contributed by atoms with Crippen LogP contribution < -0.4 is 10.6 Å². The molecule has 0 spiro atoms. The van der Waals surface area contributed by atoms with E-state index in [4.69, 9.17) is 23.2 Å². The number of carbonyl (C=O) groups excluding carboxylic acids is 2. The third kappa shape index (κ3) is 6.31. The molecule has 0 radical (unpaired) electrons. The maximum Gasteiger partial charge on any atom is 0.282 e. The van der Waals surface area contributed by atoms with Crippen molar-refractivity contribution in [3.8, 4) is 5.82 Å². The molecule has 0 saturated carbocycles. The molecule has 0 saturated heterocycles. The van der Waals surface area contributed by atoms with E-state index in [0.29, 0.717) is 12.0 Å². The number of benzene rings is 1. The highest BCUT2D eigenvalue weighted by atomic mass is 35.5. The fraction of sp³-hybridized carbons (Fsp3) is 0.227. The summed E-state index contributed by atoms with van der Waals surface area (Å²) in [6.45, 7) is 1.88. The molecule has 0 bridgehead atoms. The lowest BCUT2D eigenvalue weighted by Crippen LogP contribution is -2.27. The van der Waals surface area contributed by atoms with E-state index in [2.05, 4.69) is 30.7 Å². The first kappa shape index (κ1) is 26.0. The van der Waals surface area contributed by atoms with Crippen LogP contribution in [-0.2, 0) is 4.84 Å². The van der Waals surface area contributed by atoms with Crippen LogP contribution in [0, 0.1) is 6.92 Å². The van der Waals surface area contributed by atoms with E-state index in [0.717, 1.165) is 10.7 Å². The number of pyridine rings is 1. The Kier molecular flexibility index (Phi) is 8.72. The lowest BCUT2D eigenvalue weighted by molar-refractivity contribution is 0.0955. The number of rotatable bonds is 9. The highest BCUT2D eigenvalue weighted by Crippen LogP contribution is 2.28. The number of hydrogen-bond acceptors (Lipinski definition) is 6. The zero-order valence-electron chi connectivity index (χ0n) is 18.6. The van der Waals surface area contributed by atoms with Gasteiger partial charge in [0.25, 0.3) is 18.2 Å². The molecule has 0 aliphatic rings. The summed E-state index contributed by atoms with van der Waals surface area (Å²) >= 11 is 12.3. The van der Waals surface area contributed by atoms with Gasteiger partial charge in [-0.15, -0.1) is 0 Å². The summed E-state index contributed by atoms with van der Waals surface area (Å²) in [6, 6.07) is 6.91. The van der Waals surface area contributed by atoms with Crippen LogP contribution in [0.5, 0.6) is 0 Å². The molecule has 0 atom stereocenters. The Labute approximate surface area is 209 Å². The topological polar surface area (TPSA) is 110 Å². The van der Waals surface area contributed by atoms with Crippen molar-refractivity contribution < 1.29 is 23.2 Å². The van der Waals surface area contributed by atoms with Crippen LogP contribution in [0.15, 0.2) is 41.7 Å². The maximum absolute atomic E-state index is 13.4. The van der Waals surface area contributed by atoms with Gasteiger partial charge in [0.15, 0.2) is 5.82 Å². The lowest BCUT2D eigenvalue weighted by Gasteiger charge is -2.15. The number of nitrogens with one attached hydrogen (secondary N) is 2. The zero-order valence-corrected chi connectivity index (χ0v) is 20.1. The Morgan fingerprint density at radius 1 is 1.26 bits per heavy atom. The van der Waals surface area contributed by atoms with Gasteiger partial charge in [0, 0.05) is 30.4 Å². The van der Waals surface area contributed by atoms with Gasteiger partial charge in [-0.2, -0.15) is 5.10 Å². The van der Waals surface area contributed by atoms with E-state index in [9.17, 15) is 18.4 Å². The number of hydrogen-bond donors (Lipinski definition) is 2. The second-order valence-corrected chi connectivity index (χ2v) is 7.93. The number of carbonyl (C=O) groups is 2. The Bertz CT molecular complexity index is 1270. The highest BCUT2D eigenvalue weighted by Gasteiger charge is 2.25. The molecule has 3 aromatic rings. The fourth-order valence-electron chi connectivity index (χ4n) is 3.10. The molecule has 35 heavy (non-hydrogen) atoms. The molecular formula is C22H20Cl2F2N6O3. The number of halogens is 4. The van der Waals surface area contributed by atoms with Crippen LogP contribution in [0.25, 0.3) is 5.82 Å². The van der Waals surface area contributed by atoms with Gasteiger partial charge in [-0.1, -0.05) is 28.4 Å². The van der Waals surface area contributed by atoms with Gasteiger partial charge in [-0.05, 0) is 42.8 Å². The molecule has 3 rings (SSSR count). The Hall–Kier alpha value is -3.57. The average Bonchev–Trinajstić information content (AvgIpc) is 3.26. The summed E-state index contributed by atoms with van der Waals surface area (Å²) in [5.74, 6) is -1.32. The summed E-state index contributed by atoms with van der Waals surface area (Å²) in [4.78, 5) is 34.6. The van der Waals surface area contributed by atoms with Crippen LogP contribution in [0.4, 0.5) is 14.5 Å². The van der Waals surface area contributed by atoms with E-state index in [1.54, 1.807) is 19.1 Å². The zero-order chi connectivity index (χ0) is 25.5. The van der Waals surface area contributed by atoms with E-state index >= 15 is 0 Å². The number of aromatic nitrogens is 3. The molecule has 0 unspecified atom stereocenters. The minimum Gasteiger partial charge on any atom is -0.399 e. The predicted octanol–water partition coefficient (Wildman–Crippen LogP) is 4.82. The third-order valence-electron chi connectivity index (χ3n) is 4.65. The average molecular weight is 525 g/mol. The summed E-state index contributed by atoms with van der Waals surface area (Å²) in [7, 11) is 1.40. The van der Waals surface area contributed by atoms with Gasteiger partial charge in [0.2, 0.25) is 0 Å². The molecule has 13 heteroatoms. The van der Waals surface area contributed by atoms with Crippen LogP contribution >= 0.6 is 23.2 Å². The predicted molar refractivity (Wildman–Crippen MR) is 128 cm³/mol. The quantitative estimate of drug-likeness (QED) is 0.236. The van der Waals surface area contributed by atoms with Gasteiger partial charge < -0.3 is 15.5 Å². The number of aryl methyl sites for hydroxylation is 1. The standard InChI is InChI=1S/C22H20Cl2F2N6O3/c1-12-9-13(23)10-14(21(33)28-7-4-8-29-35-2)18(12)30-22(34)17-11-16(19(25)26)31-32(17)20-15(24)5-3-6-27-20/h3,5-6,8-11,19H,4,7H2,1-2H3,(H,28,33)(H,30,34)/b29-8+. The number of nitrogens with zero attached hydrogens (tertiary/aromatic N) is 4. The van der Waals surface area contributed by atoms with Crippen molar-refractivity contribution in [1.82, 2.24) is 20.1 Å². The normalized spacial score (nSPS) is 11.2. The SMILES string of the molecule is CO/N=C/CCNC(=O)c1cc(Cl)cc(C)c1NC(=O)c1cc(C(F)F)nn1-c1ncccc1Cl. The van der Waals surface area contributed by atoms with Crippen molar-refractivity contribution in [2.75, 3.05) is 19.0 Å². The van der Waals surface area contributed by atoms with Crippen LogP contribution in [0.3, 0.4) is 0 Å². The van der Waals surface area contributed by atoms with Crippen LogP contribution in [0.1, 0.15) is 45.0 Å². The molecule has 0 fully saturated rings.